The first-order chi connectivity index (χ1) is 14.3. The lowest BCUT2D eigenvalue weighted by molar-refractivity contribution is -0.120. The topological polar surface area (TPSA) is 43.8 Å². The van der Waals surface area contributed by atoms with Crippen LogP contribution >= 0.6 is 0 Å². The molecule has 0 aromatic heterocycles. The minimum Gasteiger partial charge on any atom is -0.386 e. The lowest BCUT2D eigenvalue weighted by Gasteiger charge is -2.30. The van der Waals surface area contributed by atoms with Gasteiger partial charge in [-0.25, -0.2) is 0 Å². The summed E-state index contributed by atoms with van der Waals surface area (Å²) in [6.45, 7) is 6.62. The number of piperidine rings is 1. The van der Waals surface area contributed by atoms with Crippen molar-refractivity contribution in [2.45, 2.75) is 51.0 Å². The van der Waals surface area contributed by atoms with Crippen molar-refractivity contribution in [3.8, 4) is 0 Å². The molecule has 1 amide bonds. The molecule has 0 spiro atoms. The minimum absolute atomic E-state index is 0.0476. The minimum atomic E-state index is -0.867. The van der Waals surface area contributed by atoms with E-state index in [2.05, 4.69) is 36.2 Å². The molecule has 2 aromatic carbocycles. The van der Waals surface area contributed by atoms with Gasteiger partial charge in [0.2, 0.25) is 5.91 Å². The van der Waals surface area contributed by atoms with Gasteiger partial charge in [0.25, 0.3) is 0 Å². The molecular weight excluding hydrogens is 372 g/mol. The number of aliphatic hydroxyl groups is 1. The van der Waals surface area contributed by atoms with Crippen molar-refractivity contribution in [2.24, 2.45) is 5.92 Å². The highest BCUT2D eigenvalue weighted by atomic mass is 16.3. The summed E-state index contributed by atoms with van der Waals surface area (Å²) in [5.41, 5.74) is 3.73. The number of carbonyl (C=O) groups is 1. The molecular formula is C26H34N2O2. The van der Waals surface area contributed by atoms with Crippen molar-refractivity contribution in [3.63, 3.8) is 0 Å². The lowest BCUT2D eigenvalue weighted by atomic mass is 9.84. The van der Waals surface area contributed by atoms with E-state index in [9.17, 15) is 9.90 Å². The molecule has 0 aliphatic carbocycles. The van der Waals surface area contributed by atoms with E-state index in [1.807, 2.05) is 29.2 Å². The first-order valence-corrected chi connectivity index (χ1v) is 11.2. The Morgan fingerprint density at radius 3 is 2.30 bits per heavy atom. The summed E-state index contributed by atoms with van der Waals surface area (Å²) in [4.78, 5) is 17.5. The fourth-order valence-corrected chi connectivity index (χ4v) is 4.94. The van der Waals surface area contributed by atoms with Crippen LogP contribution < -0.4 is 4.90 Å². The third kappa shape index (κ3) is 4.45. The second-order valence-electron chi connectivity index (χ2n) is 9.56. The molecule has 2 aromatic rings. The van der Waals surface area contributed by atoms with Crippen LogP contribution in [-0.4, -0.2) is 42.6 Å². The zero-order valence-electron chi connectivity index (χ0n) is 18.5. The highest BCUT2D eigenvalue weighted by Gasteiger charge is 2.33. The van der Waals surface area contributed by atoms with Crippen LogP contribution in [0.3, 0.4) is 0 Å². The summed E-state index contributed by atoms with van der Waals surface area (Å²) < 4.78 is 0. The summed E-state index contributed by atoms with van der Waals surface area (Å²) in [6.07, 6.45) is 4.13. The standard InChI is InChI=1S/C26H34N2O2/c1-26(2,30)22-8-10-23(11-9-22)28-17-14-21(25(28)29)18-20-6-4-5-7-24(20)19-12-15-27(3)16-13-19/h4-11,19,21,30H,12-18H2,1-3H3. The first-order valence-electron chi connectivity index (χ1n) is 11.2. The summed E-state index contributed by atoms with van der Waals surface area (Å²) in [5, 5.41) is 10.2. The summed E-state index contributed by atoms with van der Waals surface area (Å²) in [6, 6.07) is 16.5. The predicted octanol–water partition coefficient (Wildman–Crippen LogP) is 4.32. The fraction of sp³-hybridized carbons (Fsp3) is 0.500. The van der Waals surface area contributed by atoms with Crippen molar-refractivity contribution in [2.75, 3.05) is 31.6 Å². The molecule has 2 aliphatic heterocycles. The number of hydrogen-bond acceptors (Lipinski definition) is 3. The van der Waals surface area contributed by atoms with Gasteiger partial charge in [0.1, 0.15) is 0 Å². The maximum atomic E-state index is 13.2. The Kier molecular flexibility index (Phi) is 5.99. The number of amides is 1. The third-order valence-corrected chi connectivity index (χ3v) is 6.88. The van der Waals surface area contributed by atoms with Crippen molar-refractivity contribution in [1.82, 2.24) is 4.90 Å². The van der Waals surface area contributed by atoms with Crippen LogP contribution in [0.4, 0.5) is 5.69 Å². The van der Waals surface area contributed by atoms with E-state index >= 15 is 0 Å². The summed E-state index contributed by atoms with van der Waals surface area (Å²) >= 11 is 0. The van der Waals surface area contributed by atoms with E-state index in [1.165, 1.54) is 24.0 Å². The molecule has 4 rings (SSSR count). The van der Waals surface area contributed by atoms with Crippen LogP contribution in [-0.2, 0) is 16.8 Å². The van der Waals surface area contributed by atoms with Crippen molar-refractivity contribution < 1.29 is 9.90 Å². The van der Waals surface area contributed by atoms with E-state index < -0.39 is 5.60 Å². The van der Waals surface area contributed by atoms with Gasteiger partial charge < -0.3 is 14.9 Å². The Balaban J connectivity index is 1.46. The van der Waals surface area contributed by atoms with Crippen LogP contribution in [0.1, 0.15) is 55.7 Å². The number of rotatable bonds is 5. The highest BCUT2D eigenvalue weighted by molar-refractivity contribution is 5.97. The van der Waals surface area contributed by atoms with Crippen molar-refractivity contribution in [3.05, 3.63) is 65.2 Å². The van der Waals surface area contributed by atoms with Gasteiger partial charge in [0.15, 0.2) is 0 Å². The summed E-state index contributed by atoms with van der Waals surface area (Å²) in [5.74, 6) is 0.884. The largest absolute Gasteiger partial charge is 0.386 e. The van der Waals surface area contributed by atoms with Gasteiger partial charge in [-0.05, 0) is 94.4 Å². The SMILES string of the molecule is CN1CCC(c2ccccc2CC2CCN(c3ccc(C(C)(C)O)cc3)C2=O)CC1. The third-order valence-electron chi connectivity index (χ3n) is 6.88. The molecule has 0 radical (unpaired) electrons. The van der Waals surface area contributed by atoms with Crippen LogP contribution in [0.2, 0.25) is 0 Å². The average Bonchev–Trinajstić information content (AvgIpc) is 3.09. The number of nitrogens with zero attached hydrogens (tertiary/aromatic N) is 2. The van der Waals surface area contributed by atoms with Crippen molar-refractivity contribution in [1.29, 1.82) is 0 Å². The molecule has 2 aliphatic rings. The van der Waals surface area contributed by atoms with Crippen LogP contribution in [0.15, 0.2) is 48.5 Å². The Hall–Kier alpha value is -2.17. The van der Waals surface area contributed by atoms with Crippen LogP contribution in [0, 0.1) is 5.92 Å². The first kappa shape index (κ1) is 21.1. The second kappa shape index (κ2) is 8.52. The Morgan fingerprint density at radius 2 is 1.63 bits per heavy atom. The molecule has 4 heteroatoms. The normalized spacial score (nSPS) is 21.4. The molecule has 2 saturated heterocycles. The number of carbonyl (C=O) groups excluding carboxylic acids is 1. The van der Waals surface area contributed by atoms with Gasteiger partial charge >= 0.3 is 0 Å². The Morgan fingerprint density at radius 1 is 0.967 bits per heavy atom. The van der Waals surface area contributed by atoms with E-state index in [0.717, 1.165) is 43.7 Å². The smallest absolute Gasteiger partial charge is 0.230 e. The van der Waals surface area contributed by atoms with E-state index in [-0.39, 0.29) is 11.8 Å². The maximum absolute atomic E-state index is 13.2. The van der Waals surface area contributed by atoms with E-state index in [0.29, 0.717) is 5.92 Å². The molecule has 2 fully saturated rings. The van der Waals surface area contributed by atoms with Gasteiger partial charge in [0, 0.05) is 18.2 Å². The zero-order valence-corrected chi connectivity index (χ0v) is 18.5. The Bertz CT molecular complexity index is 877. The molecule has 1 N–H and O–H groups in total. The van der Waals surface area contributed by atoms with Gasteiger partial charge in [0.05, 0.1) is 5.60 Å². The quantitative estimate of drug-likeness (QED) is 0.804. The average molecular weight is 407 g/mol. The molecule has 4 nitrogen and oxygen atoms in total. The molecule has 0 bridgehead atoms. The number of likely N-dealkylation sites (tertiary alicyclic amines) is 1. The van der Waals surface area contributed by atoms with Gasteiger partial charge in [-0.2, -0.15) is 0 Å². The van der Waals surface area contributed by atoms with Gasteiger partial charge in [-0.1, -0.05) is 36.4 Å². The zero-order chi connectivity index (χ0) is 21.3. The molecule has 1 atom stereocenters. The fourth-order valence-electron chi connectivity index (χ4n) is 4.94. The predicted molar refractivity (Wildman–Crippen MR) is 122 cm³/mol. The lowest BCUT2D eigenvalue weighted by Crippen LogP contribution is -2.30. The number of hydrogen-bond donors (Lipinski definition) is 1. The second-order valence-corrected chi connectivity index (χ2v) is 9.56. The number of anilines is 1. The van der Waals surface area contributed by atoms with Gasteiger partial charge in [-0.3, -0.25) is 4.79 Å². The Labute approximate surface area is 180 Å². The molecule has 160 valence electrons. The summed E-state index contributed by atoms with van der Waals surface area (Å²) in [7, 11) is 2.20. The molecule has 2 heterocycles. The maximum Gasteiger partial charge on any atom is 0.230 e. The molecule has 30 heavy (non-hydrogen) atoms. The van der Waals surface area contributed by atoms with Crippen LogP contribution in [0.5, 0.6) is 0 Å². The highest BCUT2D eigenvalue weighted by Crippen LogP contribution is 2.34. The number of benzene rings is 2. The van der Waals surface area contributed by atoms with E-state index in [1.54, 1.807) is 13.8 Å². The molecule has 1 unspecified atom stereocenters. The van der Waals surface area contributed by atoms with Gasteiger partial charge in [-0.15, -0.1) is 0 Å². The van der Waals surface area contributed by atoms with Crippen molar-refractivity contribution >= 4 is 11.6 Å². The molecule has 0 saturated carbocycles. The van der Waals surface area contributed by atoms with E-state index in [4.69, 9.17) is 0 Å². The van der Waals surface area contributed by atoms with Crippen LogP contribution in [0.25, 0.3) is 0 Å². The monoisotopic (exact) mass is 406 g/mol.